The molecule has 0 spiro atoms. The molecule has 0 fully saturated rings. The smallest absolute Gasteiger partial charge is 0.309 e. The number of esters is 2. The van der Waals surface area contributed by atoms with Gasteiger partial charge in [-0.2, -0.15) is 0 Å². The highest BCUT2D eigenvalue weighted by Crippen LogP contribution is 2.31. The first-order valence-electron chi connectivity index (χ1n) is 9.77. The monoisotopic (exact) mass is 466 g/mol. The van der Waals surface area contributed by atoms with E-state index in [9.17, 15) is 40.7 Å². The van der Waals surface area contributed by atoms with Gasteiger partial charge in [0.15, 0.2) is 0 Å². The lowest BCUT2D eigenvalue weighted by atomic mass is 9.95. The molecule has 0 radical (unpaired) electrons. The van der Waals surface area contributed by atoms with Crippen molar-refractivity contribution in [2.45, 2.75) is 85.0 Å². The van der Waals surface area contributed by atoms with Gasteiger partial charge in [-0.3, -0.25) is 9.59 Å². The maximum absolute atomic E-state index is 12.7. The lowest BCUT2D eigenvalue weighted by Gasteiger charge is -2.21. The van der Waals surface area contributed by atoms with Crippen molar-refractivity contribution in [2.75, 3.05) is 13.2 Å². The molecule has 0 saturated carbocycles. The summed E-state index contributed by atoms with van der Waals surface area (Å²) >= 11 is 0. The Bertz CT molecular complexity index is 548. The molecule has 1 unspecified atom stereocenters. The van der Waals surface area contributed by atoms with Crippen molar-refractivity contribution in [1.82, 2.24) is 0 Å². The second kappa shape index (κ2) is 13.6. The van der Waals surface area contributed by atoms with Gasteiger partial charge in [-0.25, -0.2) is 26.3 Å². The molecule has 0 amide bonds. The van der Waals surface area contributed by atoms with Crippen LogP contribution in [0, 0.1) is 11.8 Å². The van der Waals surface area contributed by atoms with Crippen molar-refractivity contribution < 1.29 is 50.2 Å². The van der Waals surface area contributed by atoms with Gasteiger partial charge in [-0.05, 0) is 41.5 Å². The summed E-state index contributed by atoms with van der Waals surface area (Å²) in [6.07, 6.45) is -2.68. The van der Waals surface area contributed by atoms with Gasteiger partial charge in [0.25, 0.3) is 0 Å². The predicted molar refractivity (Wildman–Crippen MR) is 101 cm³/mol. The van der Waals surface area contributed by atoms with E-state index in [0.29, 0.717) is 13.8 Å². The quantitative estimate of drug-likeness (QED) is 0.283. The van der Waals surface area contributed by atoms with E-state index in [4.69, 9.17) is 0 Å². The van der Waals surface area contributed by atoms with Crippen LogP contribution in [0.15, 0.2) is 0 Å². The fourth-order valence-electron chi connectivity index (χ4n) is 2.64. The third-order valence-electron chi connectivity index (χ3n) is 3.59. The van der Waals surface area contributed by atoms with Crippen molar-refractivity contribution in [3.63, 3.8) is 0 Å². The molecule has 0 aromatic rings. The molecule has 0 rings (SSSR count). The molecule has 0 aliphatic carbocycles. The third kappa shape index (κ3) is 19.9. The fourth-order valence-corrected chi connectivity index (χ4v) is 2.64. The average Bonchev–Trinajstić information content (AvgIpc) is 2.50. The minimum Gasteiger partial charge on any atom is -0.466 e. The molecular formula is C20H32F6O5. The molecule has 0 aliphatic rings. The lowest BCUT2D eigenvalue weighted by molar-refractivity contribution is -0.155. The predicted octanol–water partition coefficient (Wildman–Crippen LogP) is 5.45. The van der Waals surface area contributed by atoms with Crippen LogP contribution in [-0.2, 0) is 23.9 Å². The first-order valence-corrected chi connectivity index (χ1v) is 9.77. The zero-order valence-corrected chi connectivity index (χ0v) is 18.7. The van der Waals surface area contributed by atoms with Crippen LogP contribution in [0.2, 0.25) is 0 Å². The number of ketones is 1. The van der Waals surface area contributed by atoms with E-state index in [0.717, 1.165) is 6.92 Å². The topological polar surface area (TPSA) is 69.7 Å². The normalized spacial score (nSPS) is 13.2. The molecule has 31 heavy (non-hydrogen) atoms. The number of hydrogen-bond donors (Lipinski definition) is 0. The van der Waals surface area contributed by atoms with Gasteiger partial charge in [-0.15, -0.1) is 0 Å². The Hall–Kier alpha value is -1.81. The van der Waals surface area contributed by atoms with E-state index in [1.54, 1.807) is 6.92 Å². The van der Waals surface area contributed by atoms with Gasteiger partial charge in [-0.1, -0.05) is 0 Å². The molecule has 0 aliphatic heterocycles. The molecule has 0 heterocycles. The number of carbonyl (C=O) groups is 3. The van der Waals surface area contributed by atoms with Gasteiger partial charge >= 0.3 is 11.9 Å². The van der Waals surface area contributed by atoms with E-state index in [1.165, 1.54) is 13.8 Å². The zero-order chi connectivity index (χ0) is 25.0. The van der Waals surface area contributed by atoms with E-state index >= 15 is 0 Å². The van der Waals surface area contributed by atoms with Crippen molar-refractivity contribution in [3.05, 3.63) is 0 Å². The van der Waals surface area contributed by atoms with Gasteiger partial charge in [0.05, 0.1) is 25.0 Å². The van der Waals surface area contributed by atoms with Crippen molar-refractivity contribution in [3.8, 4) is 0 Å². The number of Topliss-reactive ketones (excluding diaryl/α,β-unsaturated/α-hetero) is 1. The molecule has 0 N–H and O–H groups in total. The Kier molecular flexibility index (Phi) is 13.7. The van der Waals surface area contributed by atoms with Gasteiger partial charge in [0.1, 0.15) is 5.78 Å². The van der Waals surface area contributed by atoms with E-state index in [2.05, 4.69) is 9.47 Å². The molecule has 1 atom stereocenters. The van der Waals surface area contributed by atoms with Gasteiger partial charge in [0.2, 0.25) is 17.8 Å². The first-order chi connectivity index (χ1) is 13.8. The van der Waals surface area contributed by atoms with Crippen molar-refractivity contribution in [2.24, 2.45) is 11.8 Å². The summed E-state index contributed by atoms with van der Waals surface area (Å²) < 4.78 is 85.3. The molecule has 11 heteroatoms. The molecular weight excluding hydrogens is 434 g/mol. The van der Waals surface area contributed by atoms with Crippen molar-refractivity contribution >= 4 is 17.7 Å². The molecule has 0 saturated heterocycles. The highest BCUT2D eigenvalue weighted by atomic mass is 19.3. The van der Waals surface area contributed by atoms with E-state index < -0.39 is 60.8 Å². The number of carbonyl (C=O) groups excluding carboxylic acids is 3. The van der Waals surface area contributed by atoms with Crippen LogP contribution in [0.25, 0.3) is 0 Å². The molecule has 5 nitrogen and oxygen atoms in total. The van der Waals surface area contributed by atoms with Gasteiger partial charge in [0, 0.05) is 25.7 Å². The lowest BCUT2D eigenvalue weighted by Crippen LogP contribution is -2.30. The van der Waals surface area contributed by atoms with Crippen molar-refractivity contribution in [1.29, 1.82) is 0 Å². The summed E-state index contributed by atoms with van der Waals surface area (Å²) in [5, 5.41) is 0. The minimum atomic E-state index is -3.16. The first kappa shape index (κ1) is 31.4. The van der Waals surface area contributed by atoms with E-state index in [-0.39, 0.29) is 25.4 Å². The molecule has 0 aromatic heterocycles. The average molecular weight is 466 g/mol. The Morgan fingerprint density at radius 1 is 0.677 bits per heavy atom. The Morgan fingerprint density at radius 2 is 0.968 bits per heavy atom. The maximum Gasteiger partial charge on any atom is 0.309 e. The largest absolute Gasteiger partial charge is 0.466 e. The number of halogens is 6. The van der Waals surface area contributed by atoms with Crippen LogP contribution in [0.1, 0.15) is 67.2 Å². The second-order valence-corrected chi connectivity index (χ2v) is 7.63. The van der Waals surface area contributed by atoms with Crippen LogP contribution < -0.4 is 0 Å². The summed E-state index contributed by atoms with van der Waals surface area (Å²) in [5.74, 6) is -13.8. The minimum absolute atomic E-state index is 0.0140. The second-order valence-electron chi connectivity index (χ2n) is 7.63. The number of ether oxygens (including phenoxy) is 2. The Morgan fingerprint density at radius 3 is 1.23 bits per heavy atom. The SMILES string of the molecule is CCOC(=O)C(CC(C)(F)F)CC(C)(F)F.CCOC(=O)C(CC(C)=O)CC(C)(F)F. The standard InChI is InChI=1S/C10H16F4O2.C10H16F2O3/c1-4-16-8(15)7(5-9(2,11)12)6-10(3,13)14;1-4-15-9(14)8(5-7(2)13)6-10(3,11)12/h7H,4-6H2,1-3H3;8H,4-6H2,1-3H3. The summed E-state index contributed by atoms with van der Waals surface area (Å²) in [4.78, 5) is 33.3. The van der Waals surface area contributed by atoms with Crippen LogP contribution in [0.4, 0.5) is 26.3 Å². The van der Waals surface area contributed by atoms with Crippen LogP contribution >= 0.6 is 0 Å². The summed E-state index contributed by atoms with van der Waals surface area (Å²) in [7, 11) is 0. The zero-order valence-electron chi connectivity index (χ0n) is 18.7. The van der Waals surface area contributed by atoms with Crippen LogP contribution in [0.5, 0.6) is 0 Å². The van der Waals surface area contributed by atoms with Crippen LogP contribution in [-0.4, -0.2) is 48.7 Å². The summed E-state index contributed by atoms with van der Waals surface area (Å²) in [6, 6.07) is 0. The van der Waals surface area contributed by atoms with E-state index in [1.807, 2.05) is 0 Å². The highest BCUT2D eigenvalue weighted by molar-refractivity contribution is 5.82. The fraction of sp³-hybridized carbons (Fsp3) is 0.850. The molecule has 184 valence electrons. The Labute approximate surface area is 178 Å². The number of alkyl halides is 6. The summed E-state index contributed by atoms with van der Waals surface area (Å²) in [5.41, 5.74) is 0. The Balaban J connectivity index is 0. The van der Waals surface area contributed by atoms with Gasteiger partial charge < -0.3 is 14.3 Å². The van der Waals surface area contributed by atoms with Crippen LogP contribution in [0.3, 0.4) is 0 Å². The number of hydrogen-bond acceptors (Lipinski definition) is 5. The maximum atomic E-state index is 12.7. The molecule has 0 bridgehead atoms. The molecule has 0 aromatic carbocycles. The number of rotatable bonds is 12. The summed E-state index contributed by atoms with van der Waals surface area (Å²) in [6.45, 7) is 6.36. The third-order valence-corrected chi connectivity index (χ3v) is 3.59. The highest BCUT2D eigenvalue weighted by Gasteiger charge is 2.38.